The van der Waals surface area contributed by atoms with E-state index in [1.165, 1.54) is 0 Å². The maximum atomic E-state index is 11.8. The summed E-state index contributed by atoms with van der Waals surface area (Å²) in [5.41, 5.74) is -0.512. The van der Waals surface area contributed by atoms with Gasteiger partial charge >= 0.3 is 6.09 Å². The molecule has 0 fully saturated rings. The van der Waals surface area contributed by atoms with E-state index < -0.39 is 11.7 Å². The van der Waals surface area contributed by atoms with Crippen LogP contribution in [-0.2, 0) is 9.53 Å². The molecule has 0 saturated carbocycles. The molecule has 0 aliphatic heterocycles. The minimum absolute atomic E-state index is 0.112. The number of ether oxygens (including phenoxy) is 1. The van der Waals surface area contributed by atoms with Crippen molar-refractivity contribution in [2.24, 2.45) is 11.8 Å². The van der Waals surface area contributed by atoms with E-state index in [1.54, 1.807) is 6.92 Å². The molecule has 2 atom stereocenters. The first-order chi connectivity index (χ1) is 9.21. The summed E-state index contributed by atoms with van der Waals surface area (Å²) in [6.45, 7) is 11.7. The van der Waals surface area contributed by atoms with Crippen molar-refractivity contribution in [2.45, 2.75) is 72.8 Å². The average Bonchev–Trinajstić information content (AvgIpc) is 2.30. The van der Waals surface area contributed by atoms with E-state index >= 15 is 0 Å². The van der Waals surface area contributed by atoms with Crippen LogP contribution in [-0.4, -0.2) is 24.0 Å². The quantitative estimate of drug-likeness (QED) is 0.735. The number of carbonyl (C=O) groups excluding carboxylic acids is 2. The monoisotopic (exact) mass is 285 g/mol. The fourth-order valence-corrected chi connectivity index (χ4v) is 2.31. The average molecular weight is 285 g/mol. The van der Waals surface area contributed by atoms with Crippen LogP contribution in [0.4, 0.5) is 4.79 Å². The number of amides is 1. The predicted molar refractivity (Wildman–Crippen MR) is 81.7 cm³/mol. The van der Waals surface area contributed by atoms with Crippen molar-refractivity contribution in [1.29, 1.82) is 0 Å². The summed E-state index contributed by atoms with van der Waals surface area (Å²) in [6, 6.07) is 0. The maximum absolute atomic E-state index is 11.8. The normalized spacial score (nSPS) is 14.5. The Kier molecular flexibility index (Phi) is 8.51. The molecule has 0 heterocycles. The third-order valence-electron chi connectivity index (χ3n) is 3.41. The van der Waals surface area contributed by atoms with Crippen molar-refractivity contribution in [3.63, 3.8) is 0 Å². The first-order valence-corrected chi connectivity index (χ1v) is 7.68. The largest absolute Gasteiger partial charge is 0.444 e. The van der Waals surface area contributed by atoms with Crippen molar-refractivity contribution in [3.05, 3.63) is 0 Å². The highest BCUT2D eigenvalue weighted by atomic mass is 16.6. The lowest BCUT2D eigenvalue weighted by Crippen LogP contribution is -2.39. The molecule has 0 aliphatic rings. The summed E-state index contributed by atoms with van der Waals surface area (Å²) in [4.78, 5) is 23.5. The SMILES string of the molecule is CCCCC(CC)C(CNC(=O)OC(C)(C)C)C(C)=O. The first kappa shape index (κ1) is 18.9. The van der Waals surface area contributed by atoms with Crippen LogP contribution in [0.3, 0.4) is 0 Å². The second kappa shape index (κ2) is 8.98. The molecule has 2 unspecified atom stereocenters. The number of alkyl carbamates (subject to hydrolysis) is 1. The third kappa shape index (κ3) is 8.18. The van der Waals surface area contributed by atoms with Crippen LogP contribution < -0.4 is 5.32 Å². The highest BCUT2D eigenvalue weighted by Crippen LogP contribution is 2.23. The summed E-state index contributed by atoms with van der Waals surface area (Å²) in [5.74, 6) is 0.366. The molecule has 1 N–H and O–H groups in total. The van der Waals surface area contributed by atoms with Gasteiger partial charge in [-0.15, -0.1) is 0 Å². The summed E-state index contributed by atoms with van der Waals surface area (Å²) in [6.07, 6.45) is 3.79. The second-order valence-corrected chi connectivity index (χ2v) is 6.41. The van der Waals surface area contributed by atoms with E-state index in [4.69, 9.17) is 4.74 Å². The zero-order valence-electron chi connectivity index (χ0n) is 13.9. The van der Waals surface area contributed by atoms with Gasteiger partial charge in [0.05, 0.1) is 0 Å². The fraction of sp³-hybridized carbons (Fsp3) is 0.875. The summed E-state index contributed by atoms with van der Waals surface area (Å²) >= 11 is 0. The van der Waals surface area contributed by atoms with Gasteiger partial charge in [-0.1, -0.05) is 33.1 Å². The standard InChI is InChI=1S/C16H31NO3/c1-7-9-10-13(8-2)14(12(3)18)11-17-15(19)20-16(4,5)6/h13-14H,7-11H2,1-6H3,(H,17,19). The topological polar surface area (TPSA) is 55.4 Å². The van der Waals surface area contributed by atoms with Gasteiger partial charge in [0.15, 0.2) is 0 Å². The Morgan fingerprint density at radius 2 is 1.80 bits per heavy atom. The number of Topliss-reactive ketones (excluding diaryl/α,β-unsaturated/α-hetero) is 1. The number of rotatable bonds is 8. The van der Waals surface area contributed by atoms with Crippen LogP contribution in [0.2, 0.25) is 0 Å². The number of nitrogens with one attached hydrogen (secondary N) is 1. The Morgan fingerprint density at radius 1 is 1.20 bits per heavy atom. The maximum Gasteiger partial charge on any atom is 0.407 e. The number of hydrogen-bond acceptors (Lipinski definition) is 3. The molecule has 0 radical (unpaired) electrons. The molecule has 0 bridgehead atoms. The summed E-state index contributed by atoms with van der Waals surface area (Å²) in [5, 5.41) is 2.73. The number of ketones is 1. The molecule has 118 valence electrons. The molecule has 4 nitrogen and oxygen atoms in total. The predicted octanol–water partition coefficient (Wildman–Crippen LogP) is 3.93. The first-order valence-electron chi connectivity index (χ1n) is 7.68. The molecule has 4 heteroatoms. The second-order valence-electron chi connectivity index (χ2n) is 6.41. The molecule has 0 saturated heterocycles. The van der Waals surface area contributed by atoms with E-state index in [0.717, 1.165) is 25.7 Å². The lowest BCUT2D eigenvalue weighted by molar-refractivity contribution is -0.122. The van der Waals surface area contributed by atoms with Gasteiger partial charge in [0.25, 0.3) is 0 Å². The Balaban J connectivity index is 4.46. The zero-order valence-corrected chi connectivity index (χ0v) is 13.9. The molecular formula is C16H31NO3. The summed E-state index contributed by atoms with van der Waals surface area (Å²) in [7, 11) is 0. The minimum atomic E-state index is -0.512. The van der Waals surface area contributed by atoms with Gasteiger partial charge in [-0.25, -0.2) is 4.79 Å². The Bertz CT molecular complexity index is 307. The summed E-state index contributed by atoms with van der Waals surface area (Å²) < 4.78 is 5.20. The molecular weight excluding hydrogens is 254 g/mol. The van der Waals surface area contributed by atoms with Crippen LogP contribution in [0.25, 0.3) is 0 Å². The van der Waals surface area contributed by atoms with Gasteiger partial charge in [0.1, 0.15) is 11.4 Å². The van der Waals surface area contributed by atoms with Crippen molar-refractivity contribution in [2.75, 3.05) is 6.54 Å². The van der Waals surface area contributed by atoms with Crippen LogP contribution >= 0.6 is 0 Å². The number of hydrogen-bond donors (Lipinski definition) is 1. The number of carbonyl (C=O) groups is 2. The Hall–Kier alpha value is -1.06. The van der Waals surface area contributed by atoms with E-state index in [1.807, 2.05) is 20.8 Å². The van der Waals surface area contributed by atoms with Crippen LogP contribution in [0.1, 0.15) is 67.2 Å². The van der Waals surface area contributed by atoms with Crippen LogP contribution in [0, 0.1) is 11.8 Å². The zero-order chi connectivity index (χ0) is 15.8. The smallest absolute Gasteiger partial charge is 0.407 e. The van der Waals surface area contributed by atoms with Gasteiger partial charge < -0.3 is 10.1 Å². The highest BCUT2D eigenvalue weighted by molar-refractivity contribution is 5.79. The van der Waals surface area contributed by atoms with Crippen molar-refractivity contribution < 1.29 is 14.3 Å². The van der Waals surface area contributed by atoms with Crippen molar-refractivity contribution in [1.82, 2.24) is 5.32 Å². The van der Waals surface area contributed by atoms with Crippen molar-refractivity contribution in [3.8, 4) is 0 Å². The van der Waals surface area contributed by atoms with Gasteiger partial charge in [-0.3, -0.25) is 4.79 Å². The molecule has 0 aliphatic carbocycles. The van der Waals surface area contributed by atoms with Gasteiger partial charge in [-0.2, -0.15) is 0 Å². The van der Waals surface area contributed by atoms with E-state index in [0.29, 0.717) is 12.5 Å². The molecule has 0 aromatic carbocycles. The van der Waals surface area contributed by atoms with Gasteiger partial charge in [0.2, 0.25) is 0 Å². The van der Waals surface area contributed by atoms with Crippen LogP contribution in [0.5, 0.6) is 0 Å². The van der Waals surface area contributed by atoms with E-state index in [-0.39, 0.29) is 11.7 Å². The van der Waals surface area contributed by atoms with E-state index in [9.17, 15) is 9.59 Å². The van der Waals surface area contributed by atoms with Crippen LogP contribution in [0.15, 0.2) is 0 Å². The molecule has 0 spiro atoms. The highest BCUT2D eigenvalue weighted by Gasteiger charge is 2.25. The molecule has 1 amide bonds. The molecule has 0 aromatic rings. The Morgan fingerprint density at radius 3 is 2.20 bits per heavy atom. The Labute approximate surface area is 123 Å². The fourth-order valence-electron chi connectivity index (χ4n) is 2.31. The minimum Gasteiger partial charge on any atom is -0.444 e. The third-order valence-corrected chi connectivity index (χ3v) is 3.41. The number of unbranched alkanes of at least 4 members (excludes halogenated alkanes) is 1. The van der Waals surface area contributed by atoms with Gasteiger partial charge in [-0.05, 0) is 40.0 Å². The van der Waals surface area contributed by atoms with E-state index in [2.05, 4.69) is 19.2 Å². The molecule has 0 aromatic heterocycles. The molecule has 0 rings (SSSR count). The van der Waals surface area contributed by atoms with Crippen molar-refractivity contribution >= 4 is 11.9 Å². The van der Waals surface area contributed by atoms with Gasteiger partial charge in [0, 0.05) is 12.5 Å². The lowest BCUT2D eigenvalue weighted by Gasteiger charge is -2.25. The molecule has 20 heavy (non-hydrogen) atoms. The lowest BCUT2D eigenvalue weighted by atomic mass is 9.83.